The van der Waals surface area contributed by atoms with Crippen LogP contribution in [0.5, 0.6) is 0 Å². The molecule has 76 valence electrons. The van der Waals surface area contributed by atoms with Gasteiger partial charge in [-0.25, -0.2) is 0 Å². The van der Waals surface area contributed by atoms with Crippen LogP contribution in [0.25, 0.3) is 0 Å². The molecule has 6 nitrogen and oxygen atoms in total. The molecule has 0 spiro atoms. The summed E-state index contributed by atoms with van der Waals surface area (Å²) in [5, 5.41) is 2.56. The summed E-state index contributed by atoms with van der Waals surface area (Å²) >= 11 is 0. The van der Waals surface area contributed by atoms with Gasteiger partial charge in [-0.2, -0.15) is 8.42 Å². The SMILES string of the molecule is NC1=NS(=O)(=O)C(C(=O)NC2CC2)=C1. The fraction of sp³-hybridized carbons (Fsp3) is 0.429. The lowest BCUT2D eigenvalue weighted by molar-refractivity contribution is -0.116. The van der Waals surface area contributed by atoms with Crippen LogP contribution in [0, 0.1) is 0 Å². The average Bonchev–Trinajstić information content (AvgIpc) is 2.77. The predicted molar refractivity (Wildman–Crippen MR) is 49.8 cm³/mol. The molecule has 0 saturated heterocycles. The van der Waals surface area contributed by atoms with Crippen molar-refractivity contribution in [1.29, 1.82) is 0 Å². The second kappa shape index (κ2) is 2.81. The third kappa shape index (κ3) is 1.63. The minimum atomic E-state index is -3.84. The number of nitrogens with zero attached hydrogens (tertiary/aromatic N) is 1. The zero-order chi connectivity index (χ0) is 10.3. The lowest BCUT2D eigenvalue weighted by Gasteiger charge is -2.01. The van der Waals surface area contributed by atoms with Gasteiger partial charge in [-0.15, -0.1) is 4.40 Å². The Morgan fingerprint density at radius 1 is 1.57 bits per heavy atom. The number of rotatable bonds is 2. The summed E-state index contributed by atoms with van der Waals surface area (Å²) in [5.74, 6) is -0.761. The van der Waals surface area contributed by atoms with E-state index in [0.717, 1.165) is 18.9 Å². The van der Waals surface area contributed by atoms with Gasteiger partial charge in [-0.05, 0) is 12.8 Å². The van der Waals surface area contributed by atoms with Crippen molar-refractivity contribution >= 4 is 21.8 Å². The third-order valence-electron chi connectivity index (χ3n) is 1.92. The molecule has 7 heteroatoms. The van der Waals surface area contributed by atoms with Crippen molar-refractivity contribution in [2.45, 2.75) is 18.9 Å². The maximum atomic E-state index is 11.4. The Balaban J connectivity index is 2.19. The fourth-order valence-electron chi connectivity index (χ4n) is 1.09. The number of hydrogen-bond acceptors (Lipinski definition) is 4. The molecule has 14 heavy (non-hydrogen) atoms. The molecule has 0 unspecified atom stereocenters. The zero-order valence-electron chi connectivity index (χ0n) is 7.23. The fourth-order valence-corrected chi connectivity index (χ4v) is 2.08. The molecule has 0 bridgehead atoms. The lowest BCUT2D eigenvalue weighted by atomic mass is 10.4. The highest BCUT2D eigenvalue weighted by Gasteiger charge is 2.33. The maximum absolute atomic E-state index is 11.4. The van der Waals surface area contributed by atoms with Crippen molar-refractivity contribution in [2.24, 2.45) is 10.1 Å². The first kappa shape index (κ1) is 9.20. The molecule has 2 rings (SSSR count). The maximum Gasteiger partial charge on any atom is 0.289 e. The van der Waals surface area contributed by atoms with E-state index in [0.29, 0.717) is 0 Å². The molecule has 0 radical (unpaired) electrons. The normalized spacial score (nSPS) is 24.0. The highest BCUT2D eigenvalue weighted by atomic mass is 32.2. The average molecular weight is 215 g/mol. The molecule has 0 aromatic rings. The first-order valence-electron chi connectivity index (χ1n) is 4.12. The van der Waals surface area contributed by atoms with Gasteiger partial charge in [0, 0.05) is 12.1 Å². The summed E-state index contributed by atoms with van der Waals surface area (Å²) in [6.45, 7) is 0. The first-order valence-corrected chi connectivity index (χ1v) is 5.56. The lowest BCUT2D eigenvalue weighted by Crippen LogP contribution is -2.28. The van der Waals surface area contributed by atoms with Gasteiger partial charge >= 0.3 is 0 Å². The summed E-state index contributed by atoms with van der Waals surface area (Å²) in [5.41, 5.74) is 5.20. The van der Waals surface area contributed by atoms with Crippen LogP contribution in [0.2, 0.25) is 0 Å². The number of hydrogen-bond donors (Lipinski definition) is 2. The van der Waals surface area contributed by atoms with Crippen LogP contribution in [-0.4, -0.2) is 26.2 Å². The van der Waals surface area contributed by atoms with Crippen LogP contribution < -0.4 is 11.1 Å². The molecule has 0 atom stereocenters. The number of nitrogens with one attached hydrogen (secondary N) is 1. The van der Waals surface area contributed by atoms with Crippen molar-refractivity contribution in [3.05, 3.63) is 11.0 Å². The second-order valence-corrected chi connectivity index (χ2v) is 4.82. The highest BCUT2D eigenvalue weighted by Crippen LogP contribution is 2.21. The van der Waals surface area contributed by atoms with Crippen LogP contribution in [0.15, 0.2) is 15.4 Å². The van der Waals surface area contributed by atoms with Crippen molar-refractivity contribution < 1.29 is 13.2 Å². The van der Waals surface area contributed by atoms with Gasteiger partial charge in [0.1, 0.15) is 5.84 Å². The monoisotopic (exact) mass is 215 g/mol. The van der Waals surface area contributed by atoms with Gasteiger partial charge in [0.25, 0.3) is 15.9 Å². The molecule has 0 aromatic heterocycles. The van der Waals surface area contributed by atoms with E-state index in [1.54, 1.807) is 0 Å². The Labute approximate surface area is 80.9 Å². The zero-order valence-corrected chi connectivity index (χ0v) is 8.04. The van der Waals surface area contributed by atoms with E-state index in [1.165, 1.54) is 0 Å². The molecule has 1 aliphatic heterocycles. The van der Waals surface area contributed by atoms with Crippen LogP contribution >= 0.6 is 0 Å². The quantitative estimate of drug-likeness (QED) is 0.607. The van der Waals surface area contributed by atoms with Crippen molar-refractivity contribution in [1.82, 2.24) is 5.32 Å². The minimum Gasteiger partial charge on any atom is -0.383 e. The van der Waals surface area contributed by atoms with Crippen molar-refractivity contribution in [3.63, 3.8) is 0 Å². The number of nitrogens with two attached hydrogens (primary N) is 1. The molecule has 0 aromatic carbocycles. The van der Waals surface area contributed by atoms with Crippen molar-refractivity contribution in [3.8, 4) is 0 Å². The molecule has 1 heterocycles. The van der Waals surface area contributed by atoms with Crippen LogP contribution in [-0.2, 0) is 14.8 Å². The number of carbonyl (C=O) groups is 1. The molecule has 1 fully saturated rings. The van der Waals surface area contributed by atoms with E-state index in [4.69, 9.17) is 5.73 Å². The molecule has 1 amide bonds. The van der Waals surface area contributed by atoms with E-state index in [9.17, 15) is 13.2 Å². The molecular formula is C7H9N3O3S. The Kier molecular flexibility index (Phi) is 1.84. The Morgan fingerprint density at radius 3 is 2.64 bits per heavy atom. The van der Waals surface area contributed by atoms with Gasteiger partial charge in [0.2, 0.25) is 0 Å². The molecule has 3 N–H and O–H groups in total. The van der Waals surface area contributed by atoms with Crippen LogP contribution in [0.3, 0.4) is 0 Å². The first-order chi connectivity index (χ1) is 6.49. The van der Waals surface area contributed by atoms with Gasteiger partial charge < -0.3 is 11.1 Å². The molecule has 2 aliphatic rings. The topological polar surface area (TPSA) is 102 Å². The van der Waals surface area contributed by atoms with Crippen LogP contribution in [0.4, 0.5) is 0 Å². The number of carbonyl (C=O) groups excluding carboxylic acids is 1. The van der Waals surface area contributed by atoms with E-state index in [1.807, 2.05) is 0 Å². The van der Waals surface area contributed by atoms with Gasteiger partial charge in [0.15, 0.2) is 4.91 Å². The van der Waals surface area contributed by atoms with E-state index in [-0.39, 0.29) is 16.8 Å². The second-order valence-electron chi connectivity index (χ2n) is 3.25. The van der Waals surface area contributed by atoms with Gasteiger partial charge in [-0.1, -0.05) is 0 Å². The summed E-state index contributed by atoms with van der Waals surface area (Å²) in [7, 11) is -3.84. The van der Waals surface area contributed by atoms with Gasteiger partial charge in [0.05, 0.1) is 0 Å². The number of amides is 1. The Hall–Kier alpha value is -1.37. The number of amidine groups is 1. The minimum absolute atomic E-state index is 0.112. The molecular weight excluding hydrogens is 206 g/mol. The molecule has 1 aliphatic carbocycles. The highest BCUT2D eigenvalue weighted by molar-refractivity contribution is 7.95. The van der Waals surface area contributed by atoms with E-state index in [2.05, 4.69) is 9.71 Å². The summed E-state index contributed by atoms with van der Waals surface area (Å²) < 4.78 is 25.6. The summed E-state index contributed by atoms with van der Waals surface area (Å²) in [4.78, 5) is 11.0. The standard InChI is InChI=1S/C7H9N3O3S/c8-6-3-5(14(12,13)10-6)7(11)9-4-1-2-4/h3-4H,1-2H2,(H2,8,10)(H,9,11). The van der Waals surface area contributed by atoms with Gasteiger partial charge in [-0.3, -0.25) is 4.79 Å². The smallest absolute Gasteiger partial charge is 0.289 e. The summed E-state index contributed by atoms with van der Waals surface area (Å²) in [6, 6.07) is 0.112. The van der Waals surface area contributed by atoms with Crippen LogP contribution in [0.1, 0.15) is 12.8 Å². The molecule has 1 saturated carbocycles. The Morgan fingerprint density at radius 2 is 2.21 bits per heavy atom. The van der Waals surface area contributed by atoms with E-state index >= 15 is 0 Å². The number of sulfonamides is 1. The third-order valence-corrected chi connectivity index (χ3v) is 3.23. The summed E-state index contributed by atoms with van der Waals surface area (Å²) in [6.07, 6.45) is 2.87. The largest absolute Gasteiger partial charge is 0.383 e. The Bertz CT molecular complexity index is 445. The van der Waals surface area contributed by atoms with E-state index < -0.39 is 15.9 Å². The van der Waals surface area contributed by atoms with Crippen molar-refractivity contribution in [2.75, 3.05) is 0 Å². The predicted octanol–water partition coefficient (Wildman–Crippen LogP) is -1.15.